The van der Waals surface area contributed by atoms with Crippen molar-refractivity contribution in [1.29, 1.82) is 0 Å². The van der Waals surface area contributed by atoms with E-state index in [0.29, 0.717) is 5.15 Å². The summed E-state index contributed by atoms with van der Waals surface area (Å²) in [5, 5.41) is 8.61. The van der Waals surface area contributed by atoms with Crippen molar-refractivity contribution in [2.45, 2.75) is 6.54 Å². The van der Waals surface area contributed by atoms with Crippen LogP contribution in [-0.4, -0.2) is 41.3 Å². The lowest BCUT2D eigenvalue weighted by Crippen LogP contribution is -2.29. The fourth-order valence-electron chi connectivity index (χ4n) is 3.73. The second-order valence-electron chi connectivity index (χ2n) is 6.32. The van der Waals surface area contributed by atoms with Crippen LogP contribution in [0.15, 0.2) is 42.5 Å². The third-order valence-electron chi connectivity index (χ3n) is 4.75. The number of hydrogen-bond donors (Lipinski definition) is 0. The molecule has 2 aliphatic rings. The first-order valence-corrected chi connectivity index (χ1v) is 8.16. The fourth-order valence-corrected chi connectivity index (χ4v) is 3.83. The molecule has 1 aromatic heterocycles. The maximum Gasteiger partial charge on any atom is 0.151 e. The van der Waals surface area contributed by atoms with Gasteiger partial charge in [0.1, 0.15) is 0 Å². The molecule has 4 nitrogen and oxygen atoms in total. The average molecular weight is 315 g/mol. The zero-order chi connectivity index (χ0) is 14.9. The van der Waals surface area contributed by atoms with Crippen molar-refractivity contribution in [3.63, 3.8) is 0 Å². The van der Waals surface area contributed by atoms with E-state index in [1.807, 2.05) is 12.1 Å². The van der Waals surface area contributed by atoms with Crippen LogP contribution in [0.4, 0.5) is 5.82 Å². The van der Waals surface area contributed by atoms with Gasteiger partial charge >= 0.3 is 0 Å². The maximum atomic E-state index is 5.81. The van der Waals surface area contributed by atoms with E-state index in [-0.39, 0.29) is 0 Å². The van der Waals surface area contributed by atoms with Crippen molar-refractivity contribution in [3.8, 4) is 0 Å². The van der Waals surface area contributed by atoms with Crippen molar-refractivity contribution in [2.24, 2.45) is 11.8 Å². The van der Waals surface area contributed by atoms with Crippen LogP contribution in [0.3, 0.4) is 0 Å². The Hall–Kier alpha value is -1.65. The Morgan fingerprint density at radius 3 is 2.27 bits per heavy atom. The first kappa shape index (κ1) is 14.0. The summed E-state index contributed by atoms with van der Waals surface area (Å²) in [6, 6.07) is 14.5. The summed E-state index contributed by atoms with van der Waals surface area (Å²) in [6.45, 7) is 5.57. The van der Waals surface area contributed by atoms with Gasteiger partial charge in [-0.25, -0.2) is 0 Å². The molecule has 114 valence electrons. The Kier molecular flexibility index (Phi) is 3.72. The van der Waals surface area contributed by atoms with E-state index in [1.54, 1.807) is 0 Å². The lowest BCUT2D eigenvalue weighted by molar-refractivity contribution is 0.309. The molecule has 5 heteroatoms. The van der Waals surface area contributed by atoms with Gasteiger partial charge < -0.3 is 4.90 Å². The first-order chi connectivity index (χ1) is 10.8. The minimum absolute atomic E-state index is 0.456. The second kappa shape index (κ2) is 5.86. The molecule has 2 saturated heterocycles. The van der Waals surface area contributed by atoms with E-state index in [4.69, 9.17) is 11.6 Å². The van der Waals surface area contributed by atoms with Crippen LogP contribution in [0.2, 0.25) is 5.15 Å². The summed E-state index contributed by atoms with van der Waals surface area (Å²) in [5.74, 6) is 2.43. The Labute approximate surface area is 135 Å². The average Bonchev–Trinajstić information content (AvgIpc) is 3.07. The maximum absolute atomic E-state index is 5.81. The van der Waals surface area contributed by atoms with E-state index < -0.39 is 0 Å². The van der Waals surface area contributed by atoms with Gasteiger partial charge in [0.25, 0.3) is 0 Å². The number of rotatable bonds is 3. The van der Waals surface area contributed by atoms with Crippen LogP contribution in [0.5, 0.6) is 0 Å². The largest absolute Gasteiger partial charge is 0.354 e. The highest BCUT2D eigenvalue weighted by Crippen LogP contribution is 2.33. The summed E-state index contributed by atoms with van der Waals surface area (Å²) in [5.41, 5.74) is 1.41. The summed E-state index contributed by atoms with van der Waals surface area (Å²) in [7, 11) is 0. The standard InChI is InChI=1S/C17H19ClN4/c18-16-6-7-17(20-19-16)22-11-14-9-21(10-15(14)12-22)8-13-4-2-1-3-5-13/h1-7,14-15H,8-12H2/t14-,15-/m1/s1. The molecule has 0 unspecified atom stereocenters. The third kappa shape index (κ3) is 2.81. The number of nitrogens with zero attached hydrogens (tertiary/aromatic N) is 4. The molecule has 2 fully saturated rings. The number of anilines is 1. The van der Waals surface area contributed by atoms with E-state index in [2.05, 4.69) is 50.3 Å². The number of likely N-dealkylation sites (tertiary alicyclic amines) is 1. The van der Waals surface area contributed by atoms with Crippen molar-refractivity contribution >= 4 is 17.4 Å². The van der Waals surface area contributed by atoms with E-state index in [9.17, 15) is 0 Å². The van der Waals surface area contributed by atoms with Crippen LogP contribution >= 0.6 is 11.6 Å². The number of aromatic nitrogens is 2. The summed E-state index contributed by atoms with van der Waals surface area (Å²) in [6.07, 6.45) is 0. The monoisotopic (exact) mass is 314 g/mol. The summed E-state index contributed by atoms with van der Waals surface area (Å²) in [4.78, 5) is 4.92. The molecule has 0 amide bonds. The summed E-state index contributed by atoms with van der Waals surface area (Å²) >= 11 is 5.81. The van der Waals surface area contributed by atoms with Gasteiger partial charge in [0, 0.05) is 32.7 Å². The molecule has 4 rings (SSSR count). The minimum atomic E-state index is 0.456. The zero-order valence-electron chi connectivity index (χ0n) is 12.4. The Bertz CT molecular complexity index is 617. The highest BCUT2D eigenvalue weighted by atomic mass is 35.5. The number of benzene rings is 1. The zero-order valence-corrected chi connectivity index (χ0v) is 13.2. The molecule has 2 atom stereocenters. The molecule has 2 aliphatic heterocycles. The van der Waals surface area contributed by atoms with Crippen molar-refractivity contribution < 1.29 is 0 Å². The van der Waals surface area contributed by atoms with Crippen LogP contribution in [0.25, 0.3) is 0 Å². The van der Waals surface area contributed by atoms with E-state index in [0.717, 1.165) is 37.3 Å². The minimum Gasteiger partial charge on any atom is -0.354 e. The molecule has 2 aromatic rings. The van der Waals surface area contributed by atoms with Gasteiger partial charge in [0.05, 0.1) is 0 Å². The van der Waals surface area contributed by atoms with Gasteiger partial charge in [-0.05, 0) is 29.5 Å². The highest BCUT2D eigenvalue weighted by molar-refractivity contribution is 6.29. The molecular weight excluding hydrogens is 296 g/mol. The topological polar surface area (TPSA) is 32.3 Å². The predicted molar refractivity (Wildman–Crippen MR) is 88.0 cm³/mol. The van der Waals surface area contributed by atoms with Crippen LogP contribution < -0.4 is 4.90 Å². The first-order valence-electron chi connectivity index (χ1n) is 7.78. The molecule has 0 saturated carbocycles. The molecule has 0 radical (unpaired) electrons. The Morgan fingerprint density at radius 1 is 0.909 bits per heavy atom. The lowest BCUT2D eigenvalue weighted by Gasteiger charge is -2.22. The number of halogens is 1. The lowest BCUT2D eigenvalue weighted by atomic mass is 10.0. The van der Waals surface area contributed by atoms with Gasteiger partial charge in [0.2, 0.25) is 0 Å². The SMILES string of the molecule is Clc1ccc(N2C[C@H]3CN(Cc4ccccc4)C[C@@H]3C2)nn1. The Balaban J connectivity index is 1.37. The normalized spacial score (nSPS) is 24.7. The van der Waals surface area contributed by atoms with Gasteiger partial charge in [0.15, 0.2) is 11.0 Å². The quantitative estimate of drug-likeness (QED) is 0.872. The molecule has 0 spiro atoms. The molecule has 1 aromatic carbocycles. The van der Waals surface area contributed by atoms with Gasteiger partial charge in [-0.1, -0.05) is 41.9 Å². The molecule has 0 bridgehead atoms. The van der Waals surface area contributed by atoms with Crippen molar-refractivity contribution in [2.75, 3.05) is 31.1 Å². The van der Waals surface area contributed by atoms with Crippen molar-refractivity contribution in [3.05, 3.63) is 53.2 Å². The number of fused-ring (bicyclic) bond motifs is 1. The van der Waals surface area contributed by atoms with Crippen LogP contribution in [-0.2, 0) is 6.54 Å². The molecule has 3 heterocycles. The van der Waals surface area contributed by atoms with Crippen LogP contribution in [0.1, 0.15) is 5.56 Å². The fraction of sp³-hybridized carbons (Fsp3) is 0.412. The summed E-state index contributed by atoms with van der Waals surface area (Å²) < 4.78 is 0. The van der Waals surface area contributed by atoms with E-state index >= 15 is 0 Å². The molecule has 0 N–H and O–H groups in total. The van der Waals surface area contributed by atoms with Gasteiger partial charge in [-0.2, -0.15) is 0 Å². The molecular formula is C17H19ClN4. The smallest absolute Gasteiger partial charge is 0.151 e. The molecule has 0 aliphatic carbocycles. The Morgan fingerprint density at radius 2 is 1.64 bits per heavy atom. The van der Waals surface area contributed by atoms with E-state index in [1.165, 1.54) is 18.7 Å². The third-order valence-corrected chi connectivity index (χ3v) is 4.95. The van der Waals surface area contributed by atoms with Crippen LogP contribution in [0, 0.1) is 11.8 Å². The van der Waals surface area contributed by atoms with Gasteiger partial charge in [-0.3, -0.25) is 4.90 Å². The van der Waals surface area contributed by atoms with Gasteiger partial charge in [-0.15, -0.1) is 10.2 Å². The molecule has 22 heavy (non-hydrogen) atoms. The van der Waals surface area contributed by atoms with Crippen molar-refractivity contribution in [1.82, 2.24) is 15.1 Å². The predicted octanol–water partition coefficient (Wildman–Crippen LogP) is 2.70. The number of hydrogen-bond acceptors (Lipinski definition) is 4. The highest BCUT2D eigenvalue weighted by Gasteiger charge is 2.40. The second-order valence-corrected chi connectivity index (χ2v) is 6.71.